The van der Waals surface area contributed by atoms with E-state index >= 15 is 0 Å². The average molecular weight is 325 g/mol. The Morgan fingerprint density at radius 2 is 1.88 bits per heavy atom. The van der Waals surface area contributed by atoms with Crippen molar-refractivity contribution in [1.29, 1.82) is 0 Å². The Labute approximate surface area is 143 Å². The minimum atomic E-state index is -0.0482. The van der Waals surface area contributed by atoms with Crippen molar-refractivity contribution < 1.29 is 14.3 Å². The Hall–Kier alpha value is -2.75. The van der Waals surface area contributed by atoms with Crippen LogP contribution >= 0.6 is 0 Å². The summed E-state index contributed by atoms with van der Waals surface area (Å²) in [5, 5.41) is 0. The van der Waals surface area contributed by atoms with Gasteiger partial charge >= 0.3 is 0 Å². The summed E-state index contributed by atoms with van der Waals surface area (Å²) in [7, 11) is 1.64. The molecule has 0 heterocycles. The zero-order valence-corrected chi connectivity index (χ0v) is 14.2. The molecule has 0 unspecified atom stereocenters. The molecule has 0 radical (unpaired) electrons. The maximum absolute atomic E-state index is 12.9. The molecule has 0 N–H and O–H groups in total. The standard InChI is InChI=1S/C20H23NO3/c1-4-14-24-19-9-7-6-8-18(19)20(22)21(5-2)15-16-10-12-17(23-3)13-11-16/h4,6-13H,1,5,14-15H2,2-3H3. The number of benzene rings is 2. The third-order valence-corrected chi connectivity index (χ3v) is 3.68. The van der Waals surface area contributed by atoms with Crippen molar-refractivity contribution in [1.82, 2.24) is 4.90 Å². The van der Waals surface area contributed by atoms with Crippen LogP contribution in [0.2, 0.25) is 0 Å². The third-order valence-electron chi connectivity index (χ3n) is 3.68. The first-order chi connectivity index (χ1) is 11.7. The van der Waals surface area contributed by atoms with E-state index < -0.39 is 0 Å². The van der Waals surface area contributed by atoms with Gasteiger partial charge in [0, 0.05) is 13.1 Å². The van der Waals surface area contributed by atoms with E-state index in [4.69, 9.17) is 9.47 Å². The van der Waals surface area contributed by atoms with E-state index in [1.807, 2.05) is 43.3 Å². The monoisotopic (exact) mass is 325 g/mol. The fraction of sp³-hybridized carbons (Fsp3) is 0.250. The highest BCUT2D eigenvalue weighted by atomic mass is 16.5. The molecular weight excluding hydrogens is 302 g/mol. The van der Waals surface area contributed by atoms with Crippen LogP contribution in [-0.4, -0.2) is 31.1 Å². The van der Waals surface area contributed by atoms with E-state index in [0.717, 1.165) is 11.3 Å². The predicted octanol–water partition coefficient (Wildman–Crippen LogP) is 3.92. The summed E-state index contributed by atoms with van der Waals surface area (Å²) in [4.78, 5) is 14.7. The lowest BCUT2D eigenvalue weighted by molar-refractivity contribution is 0.0748. The summed E-state index contributed by atoms with van der Waals surface area (Å²) in [5.41, 5.74) is 1.62. The number of carbonyl (C=O) groups excluding carboxylic acids is 1. The molecular formula is C20H23NO3. The Balaban J connectivity index is 2.17. The summed E-state index contributed by atoms with van der Waals surface area (Å²) >= 11 is 0. The minimum absolute atomic E-state index is 0.0482. The molecule has 0 bridgehead atoms. The number of amides is 1. The Bertz CT molecular complexity index is 680. The number of rotatable bonds is 8. The Morgan fingerprint density at radius 1 is 1.17 bits per heavy atom. The van der Waals surface area contributed by atoms with E-state index in [9.17, 15) is 4.79 Å². The fourth-order valence-corrected chi connectivity index (χ4v) is 2.37. The van der Waals surface area contributed by atoms with Gasteiger partial charge in [0.2, 0.25) is 0 Å². The predicted molar refractivity (Wildman–Crippen MR) is 95.5 cm³/mol. The minimum Gasteiger partial charge on any atom is -0.497 e. The maximum atomic E-state index is 12.9. The first-order valence-electron chi connectivity index (χ1n) is 7.94. The molecule has 0 aliphatic rings. The fourth-order valence-electron chi connectivity index (χ4n) is 2.37. The highest BCUT2D eigenvalue weighted by Gasteiger charge is 2.18. The lowest BCUT2D eigenvalue weighted by Gasteiger charge is -2.22. The van der Waals surface area contributed by atoms with Gasteiger partial charge in [-0.3, -0.25) is 4.79 Å². The van der Waals surface area contributed by atoms with Crippen LogP contribution in [0.25, 0.3) is 0 Å². The molecule has 0 spiro atoms. The van der Waals surface area contributed by atoms with Gasteiger partial charge in [0.25, 0.3) is 5.91 Å². The first kappa shape index (κ1) is 17.6. The zero-order valence-electron chi connectivity index (χ0n) is 14.2. The van der Waals surface area contributed by atoms with E-state index in [0.29, 0.717) is 31.0 Å². The van der Waals surface area contributed by atoms with Gasteiger partial charge in [-0.25, -0.2) is 0 Å². The molecule has 0 aliphatic carbocycles. The van der Waals surface area contributed by atoms with E-state index in [2.05, 4.69) is 6.58 Å². The summed E-state index contributed by atoms with van der Waals surface area (Å²) in [5.74, 6) is 1.33. The van der Waals surface area contributed by atoms with Gasteiger partial charge in [0.15, 0.2) is 0 Å². The molecule has 24 heavy (non-hydrogen) atoms. The first-order valence-corrected chi connectivity index (χ1v) is 7.94. The summed E-state index contributed by atoms with van der Waals surface area (Å²) in [6, 6.07) is 15.0. The van der Waals surface area contributed by atoms with Gasteiger partial charge in [-0.15, -0.1) is 0 Å². The van der Waals surface area contributed by atoms with Gasteiger partial charge in [-0.05, 0) is 36.8 Å². The van der Waals surface area contributed by atoms with Crippen molar-refractivity contribution in [2.24, 2.45) is 0 Å². The lowest BCUT2D eigenvalue weighted by atomic mass is 10.1. The summed E-state index contributed by atoms with van der Waals surface area (Å²) in [6.45, 7) is 7.13. The van der Waals surface area contributed by atoms with Crippen molar-refractivity contribution in [2.75, 3.05) is 20.3 Å². The number of carbonyl (C=O) groups is 1. The smallest absolute Gasteiger partial charge is 0.257 e. The molecule has 2 aromatic carbocycles. The van der Waals surface area contributed by atoms with Gasteiger partial charge in [0.1, 0.15) is 18.1 Å². The molecule has 0 aromatic heterocycles. The molecule has 0 aliphatic heterocycles. The molecule has 0 atom stereocenters. The van der Waals surface area contributed by atoms with Gasteiger partial charge < -0.3 is 14.4 Å². The molecule has 1 amide bonds. The van der Waals surface area contributed by atoms with Crippen molar-refractivity contribution in [3.63, 3.8) is 0 Å². The van der Waals surface area contributed by atoms with Crippen LogP contribution in [0, 0.1) is 0 Å². The van der Waals surface area contributed by atoms with Crippen LogP contribution in [0.1, 0.15) is 22.8 Å². The van der Waals surface area contributed by atoms with Crippen LogP contribution in [0.4, 0.5) is 0 Å². The molecule has 4 heteroatoms. The van der Waals surface area contributed by atoms with Crippen LogP contribution in [0.15, 0.2) is 61.2 Å². The normalized spacial score (nSPS) is 10.1. The van der Waals surface area contributed by atoms with Crippen LogP contribution < -0.4 is 9.47 Å². The quantitative estimate of drug-likeness (QED) is 0.691. The van der Waals surface area contributed by atoms with Gasteiger partial charge in [-0.2, -0.15) is 0 Å². The molecule has 4 nitrogen and oxygen atoms in total. The SMILES string of the molecule is C=CCOc1ccccc1C(=O)N(CC)Cc1ccc(OC)cc1. The number of nitrogens with zero attached hydrogens (tertiary/aromatic N) is 1. The number of hydrogen-bond donors (Lipinski definition) is 0. The molecule has 0 fully saturated rings. The average Bonchev–Trinajstić information content (AvgIpc) is 2.64. The number of hydrogen-bond acceptors (Lipinski definition) is 3. The largest absolute Gasteiger partial charge is 0.497 e. The topological polar surface area (TPSA) is 38.8 Å². The van der Waals surface area contributed by atoms with Crippen molar-refractivity contribution in [3.05, 3.63) is 72.3 Å². The highest BCUT2D eigenvalue weighted by molar-refractivity contribution is 5.96. The number of methoxy groups -OCH3 is 1. The lowest BCUT2D eigenvalue weighted by Crippen LogP contribution is -2.30. The number of ether oxygens (including phenoxy) is 2. The van der Waals surface area contributed by atoms with Crippen molar-refractivity contribution in [3.8, 4) is 11.5 Å². The molecule has 2 aromatic rings. The molecule has 0 saturated heterocycles. The van der Waals surface area contributed by atoms with Crippen molar-refractivity contribution >= 4 is 5.91 Å². The van der Waals surface area contributed by atoms with E-state index in [1.165, 1.54) is 0 Å². The molecule has 0 saturated carbocycles. The Kier molecular flexibility index (Phi) is 6.43. The van der Waals surface area contributed by atoms with Crippen LogP contribution in [-0.2, 0) is 6.54 Å². The van der Waals surface area contributed by atoms with Crippen LogP contribution in [0.5, 0.6) is 11.5 Å². The third kappa shape index (κ3) is 4.38. The second-order valence-corrected chi connectivity index (χ2v) is 5.26. The van der Waals surface area contributed by atoms with Gasteiger partial charge in [0.05, 0.1) is 12.7 Å². The van der Waals surface area contributed by atoms with Gasteiger partial charge in [-0.1, -0.05) is 36.9 Å². The van der Waals surface area contributed by atoms with E-state index in [-0.39, 0.29) is 5.91 Å². The maximum Gasteiger partial charge on any atom is 0.257 e. The second kappa shape index (κ2) is 8.77. The second-order valence-electron chi connectivity index (χ2n) is 5.26. The van der Waals surface area contributed by atoms with Crippen LogP contribution in [0.3, 0.4) is 0 Å². The highest BCUT2D eigenvalue weighted by Crippen LogP contribution is 2.21. The van der Waals surface area contributed by atoms with E-state index in [1.54, 1.807) is 30.2 Å². The molecule has 126 valence electrons. The van der Waals surface area contributed by atoms with Crippen molar-refractivity contribution in [2.45, 2.75) is 13.5 Å². The Morgan fingerprint density at radius 3 is 2.50 bits per heavy atom. The summed E-state index contributed by atoms with van der Waals surface area (Å²) < 4.78 is 10.8. The summed E-state index contributed by atoms with van der Waals surface area (Å²) in [6.07, 6.45) is 1.66. The zero-order chi connectivity index (χ0) is 17.4. The number of para-hydroxylation sites is 1. The molecule has 2 rings (SSSR count).